The second kappa shape index (κ2) is 7.38. The molecule has 0 aliphatic carbocycles. The van der Waals surface area contributed by atoms with Crippen LogP contribution in [0.1, 0.15) is 27.4 Å². The molecule has 0 aromatic heterocycles. The van der Waals surface area contributed by atoms with Gasteiger partial charge in [0, 0.05) is 12.1 Å². The fraction of sp³-hybridized carbons (Fsp3) is 0.0476. The molecule has 0 heterocycles. The summed E-state index contributed by atoms with van der Waals surface area (Å²) in [5.41, 5.74) is 2.89. The Morgan fingerprint density at radius 2 is 1.29 bits per heavy atom. The number of aliphatic imine (C=N–C) groups is 1. The van der Waals surface area contributed by atoms with Crippen molar-refractivity contribution < 1.29 is 9.90 Å². The van der Waals surface area contributed by atoms with Crippen LogP contribution in [0.5, 0.6) is 0 Å². The van der Waals surface area contributed by atoms with E-state index < -0.39 is 5.97 Å². The van der Waals surface area contributed by atoms with Gasteiger partial charge in [-0.2, -0.15) is 0 Å². The van der Waals surface area contributed by atoms with E-state index in [0.29, 0.717) is 5.69 Å². The quantitative estimate of drug-likeness (QED) is 0.679. The molecule has 3 nitrogen and oxygen atoms in total. The third-order valence-electron chi connectivity index (χ3n) is 3.81. The molecular weight excluding hydrogens is 298 g/mol. The van der Waals surface area contributed by atoms with Crippen molar-refractivity contribution in [2.24, 2.45) is 4.99 Å². The molecule has 0 spiro atoms. The number of para-hydroxylation sites is 1. The molecule has 0 fully saturated rings. The molecule has 0 amide bonds. The molecule has 0 saturated carbocycles. The number of carbonyl (C=O) groups is 1. The van der Waals surface area contributed by atoms with Gasteiger partial charge in [-0.3, -0.25) is 4.99 Å². The average Bonchev–Trinajstić information content (AvgIpc) is 2.64. The maximum absolute atomic E-state index is 11.3. The van der Waals surface area contributed by atoms with E-state index >= 15 is 0 Å². The fourth-order valence-corrected chi connectivity index (χ4v) is 2.61. The van der Waals surface area contributed by atoms with E-state index in [4.69, 9.17) is 0 Å². The summed E-state index contributed by atoms with van der Waals surface area (Å²) < 4.78 is 0. The van der Waals surface area contributed by atoms with Crippen LogP contribution in [0.4, 0.5) is 5.69 Å². The summed E-state index contributed by atoms with van der Waals surface area (Å²) >= 11 is 0. The first kappa shape index (κ1) is 15.7. The van der Waals surface area contributed by atoms with Crippen LogP contribution < -0.4 is 0 Å². The van der Waals surface area contributed by atoms with Gasteiger partial charge >= 0.3 is 5.97 Å². The molecule has 3 rings (SSSR count). The maximum atomic E-state index is 11.3. The Bertz CT molecular complexity index is 802. The standard InChI is InChI=1S/C21H17NO2/c23-21(24)18-13-7-8-14-20(18)22-15-19(16-9-3-1-4-10-16)17-11-5-2-6-12-17/h1-15,19H,(H,23,24). The van der Waals surface area contributed by atoms with Gasteiger partial charge in [-0.25, -0.2) is 4.79 Å². The Kier molecular flexibility index (Phi) is 4.82. The molecule has 3 heteroatoms. The van der Waals surface area contributed by atoms with Crippen molar-refractivity contribution in [3.8, 4) is 0 Å². The summed E-state index contributed by atoms with van der Waals surface area (Å²) in [6, 6.07) is 26.9. The first-order valence-electron chi connectivity index (χ1n) is 7.72. The van der Waals surface area contributed by atoms with Gasteiger partial charge < -0.3 is 5.11 Å². The second-order valence-corrected chi connectivity index (χ2v) is 5.40. The first-order chi connectivity index (χ1) is 11.8. The SMILES string of the molecule is O=C(O)c1ccccc1N=CC(c1ccccc1)c1ccccc1. The van der Waals surface area contributed by atoms with Crippen LogP contribution in [-0.2, 0) is 0 Å². The van der Waals surface area contributed by atoms with Gasteiger partial charge in [0.25, 0.3) is 0 Å². The molecule has 0 atom stereocenters. The van der Waals surface area contributed by atoms with Crippen LogP contribution >= 0.6 is 0 Å². The highest BCUT2D eigenvalue weighted by Gasteiger charge is 2.12. The zero-order valence-electron chi connectivity index (χ0n) is 13.0. The van der Waals surface area contributed by atoms with Crippen LogP contribution in [0.15, 0.2) is 89.9 Å². The summed E-state index contributed by atoms with van der Waals surface area (Å²) in [6.45, 7) is 0. The van der Waals surface area contributed by atoms with Crippen molar-refractivity contribution in [2.45, 2.75) is 5.92 Å². The molecule has 118 valence electrons. The molecule has 0 bridgehead atoms. The van der Waals surface area contributed by atoms with Crippen LogP contribution in [0.25, 0.3) is 0 Å². The van der Waals surface area contributed by atoms with Gasteiger partial charge in [0.1, 0.15) is 0 Å². The monoisotopic (exact) mass is 315 g/mol. The maximum Gasteiger partial charge on any atom is 0.337 e. The number of carboxylic acid groups (broad SMARTS) is 1. The topological polar surface area (TPSA) is 49.7 Å². The van der Waals surface area contributed by atoms with Crippen LogP contribution in [0.3, 0.4) is 0 Å². The van der Waals surface area contributed by atoms with E-state index in [2.05, 4.69) is 4.99 Å². The van der Waals surface area contributed by atoms with Crippen LogP contribution in [0, 0.1) is 0 Å². The lowest BCUT2D eigenvalue weighted by Gasteiger charge is -2.13. The third kappa shape index (κ3) is 3.58. The van der Waals surface area contributed by atoms with E-state index in [1.165, 1.54) is 0 Å². The van der Waals surface area contributed by atoms with Gasteiger partial charge in [0.2, 0.25) is 0 Å². The molecule has 1 N–H and O–H groups in total. The van der Waals surface area contributed by atoms with E-state index in [1.807, 2.05) is 66.9 Å². The lowest BCUT2D eigenvalue weighted by atomic mass is 9.92. The van der Waals surface area contributed by atoms with Gasteiger partial charge in [-0.15, -0.1) is 0 Å². The summed E-state index contributed by atoms with van der Waals surface area (Å²) in [7, 11) is 0. The van der Waals surface area contributed by atoms with Crippen LogP contribution in [-0.4, -0.2) is 17.3 Å². The second-order valence-electron chi connectivity index (χ2n) is 5.40. The smallest absolute Gasteiger partial charge is 0.337 e. The number of hydrogen-bond acceptors (Lipinski definition) is 2. The highest BCUT2D eigenvalue weighted by Crippen LogP contribution is 2.25. The Morgan fingerprint density at radius 3 is 1.83 bits per heavy atom. The zero-order chi connectivity index (χ0) is 16.8. The number of nitrogens with zero attached hydrogens (tertiary/aromatic N) is 1. The Morgan fingerprint density at radius 1 is 0.792 bits per heavy atom. The number of aromatic carboxylic acids is 1. The van der Waals surface area contributed by atoms with Crippen LogP contribution in [0.2, 0.25) is 0 Å². The summed E-state index contributed by atoms with van der Waals surface area (Å²) in [5, 5.41) is 9.29. The summed E-state index contributed by atoms with van der Waals surface area (Å²) in [6.07, 6.45) is 1.81. The van der Waals surface area contributed by atoms with Gasteiger partial charge in [-0.05, 0) is 23.3 Å². The van der Waals surface area contributed by atoms with Gasteiger partial charge in [-0.1, -0.05) is 72.8 Å². The number of rotatable bonds is 5. The summed E-state index contributed by atoms with van der Waals surface area (Å²) in [5.74, 6) is -1.01. The highest BCUT2D eigenvalue weighted by molar-refractivity contribution is 5.94. The molecule has 0 unspecified atom stereocenters. The molecule has 24 heavy (non-hydrogen) atoms. The van der Waals surface area contributed by atoms with Crippen molar-refractivity contribution in [1.29, 1.82) is 0 Å². The number of hydrogen-bond donors (Lipinski definition) is 1. The number of carboxylic acids is 1. The molecule has 0 radical (unpaired) electrons. The minimum Gasteiger partial charge on any atom is -0.478 e. The van der Waals surface area contributed by atoms with Crippen molar-refractivity contribution in [3.05, 3.63) is 102 Å². The molecular formula is C21H17NO2. The van der Waals surface area contributed by atoms with E-state index in [-0.39, 0.29) is 11.5 Å². The molecule has 3 aromatic rings. The van der Waals surface area contributed by atoms with E-state index in [9.17, 15) is 9.90 Å². The van der Waals surface area contributed by atoms with E-state index in [1.54, 1.807) is 24.3 Å². The minimum atomic E-state index is -0.973. The Hall–Kier alpha value is -3.20. The Balaban J connectivity index is 2.01. The molecule has 0 aliphatic rings. The van der Waals surface area contributed by atoms with Gasteiger partial charge in [0.15, 0.2) is 0 Å². The van der Waals surface area contributed by atoms with Crippen molar-refractivity contribution in [3.63, 3.8) is 0 Å². The van der Waals surface area contributed by atoms with E-state index in [0.717, 1.165) is 11.1 Å². The first-order valence-corrected chi connectivity index (χ1v) is 7.72. The molecule has 3 aromatic carbocycles. The number of benzene rings is 3. The lowest BCUT2D eigenvalue weighted by molar-refractivity contribution is 0.0698. The van der Waals surface area contributed by atoms with Crippen molar-refractivity contribution in [2.75, 3.05) is 0 Å². The van der Waals surface area contributed by atoms with Gasteiger partial charge in [0.05, 0.1) is 11.3 Å². The molecule has 0 aliphatic heterocycles. The lowest BCUT2D eigenvalue weighted by Crippen LogP contribution is -2.03. The third-order valence-corrected chi connectivity index (χ3v) is 3.81. The minimum absolute atomic E-state index is 0.0331. The predicted molar refractivity (Wildman–Crippen MR) is 96.3 cm³/mol. The zero-order valence-corrected chi connectivity index (χ0v) is 13.0. The molecule has 0 saturated heterocycles. The summed E-state index contributed by atoms with van der Waals surface area (Å²) in [4.78, 5) is 15.8. The fourth-order valence-electron chi connectivity index (χ4n) is 2.61. The normalized spacial score (nSPS) is 11.0. The Labute approximate surface area is 140 Å². The van der Waals surface area contributed by atoms with Crippen molar-refractivity contribution >= 4 is 17.9 Å². The average molecular weight is 315 g/mol. The van der Waals surface area contributed by atoms with Crippen molar-refractivity contribution in [1.82, 2.24) is 0 Å². The predicted octanol–water partition coefficient (Wildman–Crippen LogP) is 4.92. The highest BCUT2D eigenvalue weighted by atomic mass is 16.4. The largest absolute Gasteiger partial charge is 0.478 e.